The van der Waals surface area contributed by atoms with Crippen molar-refractivity contribution < 1.29 is 9.59 Å². The fourth-order valence-corrected chi connectivity index (χ4v) is 10.3. The molecule has 1 aromatic heterocycles. The first-order valence-electron chi connectivity index (χ1n) is 15.0. The minimum absolute atomic E-state index is 0.0442. The number of nitrogens with one attached hydrogen (secondary N) is 1. The maximum Gasteiger partial charge on any atom is 0.180 e. The van der Waals surface area contributed by atoms with E-state index in [1.165, 1.54) is 0 Å². The summed E-state index contributed by atoms with van der Waals surface area (Å²) in [7, 11) is 0. The van der Waals surface area contributed by atoms with Gasteiger partial charge in [-0.05, 0) is 84.4 Å². The predicted octanol–water partition coefficient (Wildman–Crippen LogP) is 6.53. The zero-order valence-corrected chi connectivity index (χ0v) is 25.3. The Labute approximate surface area is 234 Å². The lowest BCUT2D eigenvalue weighted by Gasteiger charge is -2.66. The van der Waals surface area contributed by atoms with Crippen LogP contribution in [0.4, 0.5) is 0 Å². The van der Waals surface area contributed by atoms with Crippen LogP contribution in [-0.4, -0.2) is 32.2 Å². The van der Waals surface area contributed by atoms with E-state index >= 15 is 0 Å². The zero-order chi connectivity index (χ0) is 28.6. The van der Waals surface area contributed by atoms with Gasteiger partial charge in [-0.25, -0.2) is 0 Å². The smallest absolute Gasteiger partial charge is 0.180 e. The number of rotatable bonds is 4. The van der Waals surface area contributed by atoms with Crippen LogP contribution in [0.25, 0.3) is 0 Å². The number of ketones is 2. The van der Waals surface area contributed by atoms with Gasteiger partial charge in [0.15, 0.2) is 11.6 Å². The molecule has 4 aliphatic carbocycles. The number of aromatic amines is 1. The highest BCUT2D eigenvalue weighted by Gasteiger charge is 2.66. The van der Waals surface area contributed by atoms with E-state index < -0.39 is 5.41 Å². The lowest BCUT2D eigenvalue weighted by atomic mass is 9.37. The number of H-pyrrole nitrogens is 1. The summed E-state index contributed by atoms with van der Waals surface area (Å²) in [5.41, 5.74) is -0.868. The molecule has 3 saturated carbocycles. The minimum Gasteiger partial charge on any atom is -0.300 e. The van der Waals surface area contributed by atoms with Crippen molar-refractivity contribution >= 4 is 11.6 Å². The molecule has 1 aromatic rings. The van der Waals surface area contributed by atoms with Gasteiger partial charge in [-0.3, -0.25) is 9.59 Å². The highest BCUT2D eigenvalue weighted by atomic mass is 16.1. The number of hydrogen-bond acceptors (Lipinski definition) is 6. The first-order chi connectivity index (χ1) is 18.0. The van der Waals surface area contributed by atoms with Gasteiger partial charge >= 0.3 is 0 Å². The molecular formula is C32H47N5O2. The number of Topliss-reactive ketones (excluding diaryl/α,β-unsaturated/α-hetero) is 2. The molecule has 0 saturated heterocycles. The quantitative estimate of drug-likeness (QED) is 0.471. The second-order valence-electron chi connectivity index (χ2n) is 15.8. The van der Waals surface area contributed by atoms with Crippen molar-refractivity contribution in [3.8, 4) is 6.07 Å². The van der Waals surface area contributed by atoms with Gasteiger partial charge in [0.2, 0.25) is 0 Å². The van der Waals surface area contributed by atoms with Gasteiger partial charge in [0.1, 0.15) is 11.9 Å². The van der Waals surface area contributed by atoms with Crippen molar-refractivity contribution in [2.45, 2.75) is 119 Å². The highest BCUT2D eigenvalue weighted by Crippen LogP contribution is 2.70. The number of tetrazole rings is 1. The van der Waals surface area contributed by atoms with Crippen LogP contribution in [0.5, 0.6) is 0 Å². The standard InChI is InChI=1S/C32H47N5O2/c1-20-16-27(2,3)11-13-32(20,26-34-36-37-35-26)14-12-29(6)18-22(38)15-24-30(7)17-21(19-33)25(39)28(4,5)23(30)9-10-31(24,29)8/h17,20,23-24H,9-16,18H2,1-8H3,(H,34,35,36,37)/t20?,23-,24+,29+,30-,31+,32-/m0/s1. The van der Waals surface area contributed by atoms with E-state index in [0.717, 1.165) is 50.8 Å². The van der Waals surface area contributed by atoms with Gasteiger partial charge in [-0.15, -0.1) is 10.2 Å². The maximum absolute atomic E-state index is 13.6. The van der Waals surface area contributed by atoms with Crippen LogP contribution in [0.3, 0.4) is 0 Å². The molecule has 0 amide bonds. The van der Waals surface area contributed by atoms with Gasteiger partial charge in [0.25, 0.3) is 0 Å². The van der Waals surface area contributed by atoms with E-state index in [1.54, 1.807) is 0 Å². The monoisotopic (exact) mass is 533 g/mol. The number of fused-ring (bicyclic) bond motifs is 3. The molecule has 1 N–H and O–H groups in total. The molecule has 0 bridgehead atoms. The second-order valence-corrected chi connectivity index (χ2v) is 15.8. The third kappa shape index (κ3) is 3.98. The molecule has 5 rings (SSSR count). The van der Waals surface area contributed by atoms with Crippen molar-refractivity contribution in [1.82, 2.24) is 20.6 Å². The normalized spacial score (nSPS) is 43.2. The highest BCUT2D eigenvalue weighted by molar-refractivity contribution is 6.04. The second kappa shape index (κ2) is 8.82. The van der Waals surface area contributed by atoms with Crippen LogP contribution >= 0.6 is 0 Å². The summed E-state index contributed by atoms with van der Waals surface area (Å²) in [5, 5.41) is 25.6. The number of carbonyl (C=O) groups is 2. The van der Waals surface area contributed by atoms with E-state index in [-0.39, 0.29) is 50.3 Å². The molecule has 0 spiro atoms. The van der Waals surface area contributed by atoms with Gasteiger partial charge < -0.3 is 0 Å². The Morgan fingerprint density at radius 1 is 1.03 bits per heavy atom. The number of carbonyl (C=O) groups excluding carboxylic acids is 2. The van der Waals surface area contributed by atoms with E-state index in [4.69, 9.17) is 0 Å². The molecule has 0 aromatic carbocycles. The number of nitrogens with zero attached hydrogens (tertiary/aromatic N) is 4. The Kier molecular flexibility index (Phi) is 6.37. The van der Waals surface area contributed by atoms with E-state index in [9.17, 15) is 14.9 Å². The molecular weight excluding hydrogens is 486 g/mol. The number of hydrogen-bond donors (Lipinski definition) is 1. The summed E-state index contributed by atoms with van der Waals surface area (Å²) >= 11 is 0. The van der Waals surface area contributed by atoms with Gasteiger partial charge in [0.05, 0.1) is 5.57 Å². The lowest BCUT2D eigenvalue weighted by Crippen LogP contribution is -2.62. The molecule has 39 heavy (non-hydrogen) atoms. The van der Waals surface area contributed by atoms with Crippen molar-refractivity contribution in [2.75, 3.05) is 0 Å². The Morgan fingerprint density at radius 2 is 1.74 bits per heavy atom. The SMILES string of the molecule is CC1CC(C)(C)CC[C@@]1(CC[C@]1(C)CC(=O)C[C@@H]2[C@@]3(C)C=C(C#N)C(=O)C(C)(C)[C@@H]3CC[C@]21C)c1nn[nH]n1. The van der Waals surface area contributed by atoms with Crippen LogP contribution in [0, 0.1) is 56.2 Å². The Hall–Kier alpha value is -2.36. The van der Waals surface area contributed by atoms with Gasteiger partial charge in [-0.1, -0.05) is 66.7 Å². The maximum atomic E-state index is 13.6. The molecule has 0 aliphatic heterocycles. The van der Waals surface area contributed by atoms with Crippen LogP contribution in [0.1, 0.15) is 119 Å². The first kappa shape index (κ1) is 28.2. The third-order valence-electron chi connectivity index (χ3n) is 12.9. The van der Waals surface area contributed by atoms with Crippen LogP contribution < -0.4 is 0 Å². The molecule has 212 valence electrons. The average molecular weight is 534 g/mol. The fourth-order valence-electron chi connectivity index (χ4n) is 10.3. The van der Waals surface area contributed by atoms with E-state index in [0.29, 0.717) is 24.5 Å². The van der Waals surface area contributed by atoms with Crippen molar-refractivity contribution in [3.63, 3.8) is 0 Å². The molecule has 1 unspecified atom stereocenters. The van der Waals surface area contributed by atoms with Gasteiger partial charge in [0, 0.05) is 23.7 Å². The van der Waals surface area contributed by atoms with Crippen LogP contribution in [0.2, 0.25) is 0 Å². The minimum atomic E-state index is -0.611. The lowest BCUT2D eigenvalue weighted by molar-refractivity contribution is -0.175. The Balaban J connectivity index is 1.53. The number of nitriles is 1. The Morgan fingerprint density at radius 3 is 2.36 bits per heavy atom. The summed E-state index contributed by atoms with van der Waals surface area (Å²) in [6, 6.07) is 2.21. The molecule has 0 radical (unpaired) electrons. The summed E-state index contributed by atoms with van der Waals surface area (Å²) in [6.07, 6.45) is 10.1. The van der Waals surface area contributed by atoms with Crippen molar-refractivity contribution in [3.05, 3.63) is 17.5 Å². The number of allylic oxidation sites excluding steroid dienone is 2. The van der Waals surface area contributed by atoms with Crippen LogP contribution in [-0.2, 0) is 15.0 Å². The van der Waals surface area contributed by atoms with Crippen LogP contribution in [0.15, 0.2) is 11.6 Å². The summed E-state index contributed by atoms with van der Waals surface area (Å²) < 4.78 is 0. The zero-order valence-electron chi connectivity index (χ0n) is 25.3. The third-order valence-corrected chi connectivity index (χ3v) is 12.9. The topological polar surface area (TPSA) is 112 Å². The van der Waals surface area contributed by atoms with E-state index in [2.05, 4.69) is 68.2 Å². The molecule has 3 fully saturated rings. The molecule has 1 heterocycles. The van der Waals surface area contributed by atoms with Crippen molar-refractivity contribution in [2.24, 2.45) is 44.8 Å². The fraction of sp³-hybridized carbons (Fsp3) is 0.812. The molecule has 7 heteroatoms. The van der Waals surface area contributed by atoms with Crippen molar-refractivity contribution in [1.29, 1.82) is 5.26 Å². The van der Waals surface area contributed by atoms with E-state index in [1.807, 2.05) is 19.9 Å². The van der Waals surface area contributed by atoms with Gasteiger partial charge in [-0.2, -0.15) is 10.5 Å². The Bertz CT molecular complexity index is 1240. The molecule has 7 nitrogen and oxygen atoms in total. The first-order valence-corrected chi connectivity index (χ1v) is 15.0. The number of aromatic nitrogens is 4. The predicted molar refractivity (Wildman–Crippen MR) is 149 cm³/mol. The summed E-state index contributed by atoms with van der Waals surface area (Å²) in [5.74, 6) is 1.71. The average Bonchev–Trinajstić information content (AvgIpc) is 3.38. The summed E-state index contributed by atoms with van der Waals surface area (Å²) in [6.45, 7) is 18.1. The molecule has 4 aliphatic rings. The largest absolute Gasteiger partial charge is 0.300 e. The molecule has 7 atom stereocenters. The summed E-state index contributed by atoms with van der Waals surface area (Å²) in [4.78, 5) is 26.8.